The number of methoxy groups -OCH3 is 3. The second-order valence-electron chi connectivity index (χ2n) is 9.19. The molecule has 0 bridgehead atoms. The van der Waals surface area contributed by atoms with Gasteiger partial charge in [0.25, 0.3) is 11.8 Å². The van der Waals surface area contributed by atoms with Crippen LogP contribution >= 0.6 is 11.6 Å². The molecule has 0 unspecified atom stereocenters. The molecule has 1 N–H and O–H groups in total. The Kier molecular flexibility index (Phi) is 9.60. The standard InChI is InChI=1S/C30H34ClN3O6/c1-5-16-40-23-9-6-20(7-10-23)30(36)34-14-12-33(13-15-34)25-11-8-22(19-24(25)31)32-29(35)21-17-26(37-2)28(39-4)27(18-21)38-3/h6-11,17-19H,5,12-16H2,1-4H3,(H,32,35). The van der Waals surface area contributed by atoms with Gasteiger partial charge in [-0.1, -0.05) is 18.5 Å². The number of amides is 2. The van der Waals surface area contributed by atoms with Crippen LogP contribution in [0.15, 0.2) is 54.6 Å². The lowest BCUT2D eigenvalue weighted by Gasteiger charge is -2.36. The van der Waals surface area contributed by atoms with E-state index in [1.165, 1.54) is 21.3 Å². The normalized spacial score (nSPS) is 13.0. The van der Waals surface area contributed by atoms with E-state index in [9.17, 15) is 9.59 Å². The van der Waals surface area contributed by atoms with Crippen molar-refractivity contribution in [2.24, 2.45) is 0 Å². The summed E-state index contributed by atoms with van der Waals surface area (Å²) in [5.74, 6) is 1.59. The zero-order valence-corrected chi connectivity index (χ0v) is 23.9. The second-order valence-corrected chi connectivity index (χ2v) is 9.59. The zero-order chi connectivity index (χ0) is 28.6. The number of nitrogens with one attached hydrogen (secondary N) is 1. The molecular formula is C30H34ClN3O6. The van der Waals surface area contributed by atoms with Crippen LogP contribution in [0.3, 0.4) is 0 Å². The van der Waals surface area contributed by atoms with Crippen LogP contribution in [-0.2, 0) is 0 Å². The largest absolute Gasteiger partial charge is 0.494 e. The number of halogens is 1. The monoisotopic (exact) mass is 567 g/mol. The van der Waals surface area contributed by atoms with E-state index >= 15 is 0 Å². The molecular weight excluding hydrogens is 534 g/mol. The number of piperazine rings is 1. The minimum Gasteiger partial charge on any atom is -0.494 e. The van der Waals surface area contributed by atoms with Crippen molar-refractivity contribution in [1.29, 1.82) is 0 Å². The minimum absolute atomic E-state index is 0.00218. The summed E-state index contributed by atoms with van der Waals surface area (Å²) in [6.07, 6.45) is 0.932. The summed E-state index contributed by atoms with van der Waals surface area (Å²) in [4.78, 5) is 29.9. The van der Waals surface area contributed by atoms with Crippen LogP contribution in [0.2, 0.25) is 5.02 Å². The van der Waals surface area contributed by atoms with Crippen molar-refractivity contribution in [3.63, 3.8) is 0 Å². The van der Waals surface area contributed by atoms with Gasteiger partial charge >= 0.3 is 0 Å². The summed E-state index contributed by atoms with van der Waals surface area (Å²) in [6.45, 7) is 5.13. The number of carbonyl (C=O) groups excluding carboxylic acids is 2. The highest BCUT2D eigenvalue weighted by Gasteiger charge is 2.24. The summed E-state index contributed by atoms with van der Waals surface area (Å²) in [7, 11) is 4.49. The highest BCUT2D eigenvalue weighted by molar-refractivity contribution is 6.33. The van der Waals surface area contributed by atoms with Crippen LogP contribution in [0.25, 0.3) is 0 Å². The van der Waals surface area contributed by atoms with Gasteiger partial charge in [0.1, 0.15) is 5.75 Å². The molecule has 1 saturated heterocycles. The number of ether oxygens (including phenoxy) is 4. The highest BCUT2D eigenvalue weighted by atomic mass is 35.5. The SMILES string of the molecule is CCCOc1ccc(C(=O)N2CCN(c3ccc(NC(=O)c4cc(OC)c(OC)c(OC)c4)cc3Cl)CC2)cc1. The molecule has 3 aromatic carbocycles. The Balaban J connectivity index is 1.37. The number of benzene rings is 3. The summed E-state index contributed by atoms with van der Waals surface area (Å²) in [6, 6.07) is 15.8. The van der Waals surface area contributed by atoms with E-state index in [4.69, 9.17) is 30.5 Å². The molecule has 0 radical (unpaired) electrons. The van der Waals surface area contributed by atoms with Gasteiger partial charge in [0.2, 0.25) is 5.75 Å². The van der Waals surface area contributed by atoms with Gasteiger partial charge in [0.05, 0.1) is 38.6 Å². The highest BCUT2D eigenvalue weighted by Crippen LogP contribution is 2.38. The van der Waals surface area contributed by atoms with Crippen molar-refractivity contribution >= 4 is 34.8 Å². The fourth-order valence-electron chi connectivity index (χ4n) is 4.50. The van der Waals surface area contributed by atoms with Gasteiger partial charge in [-0.3, -0.25) is 9.59 Å². The topological polar surface area (TPSA) is 89.6 Å². The van der Waals surface area contributed by atoms with Crippen LogP contribution in [0.4, 0.5) is 11.4 Å². The molecule has 10 heteroatoms. The molecule has 0 aromatic heterocycles. The van der Waals surface area contributed by atoms with Gasteiger partial charge in [0, 0.05) is 43.0 Å². The maximum absolute atomic E-state index is 13.0. The summed E-state index contributed by atoms with van der Waals surface area (Å²) in [5, 5.41) is 3.37. The number of hydrogen-bond acceptors (Lipinski definition) is 7. The van der Waals surface area contributed by atoms with Crippen molar-refractivity contribution in [2.75, 3.05) is 64.3 Å². The van der Waals surface area contributed by atoms with Crippen molar-refractivity contribution in [1.82, 2.24) is 4.90 Å². The maximum Gasteiger partial charge on any atom is 0.255 e. The molecule has 2 amide bonds. The van der Waals surface area contributed by atoms with Crippen LogP contribution in [0.1, 0.15) is 34.1 Å². The molecule has 1 aliphatic heterocycles. The number of anilines is 2. The van der Waals surface area contributed by atoms with Crippen molar-refractivity contribution in [3.8, 4) is 23.0 Å². The molecule has 4 rings (SSSR count). The molecule has 0 spiro atoms. The van der Waals surface area contributed by atoms with Gasteiger partial charge in [0.15, 0.2) is 11.5 Å². The Bertz CT molecular complexity index is 1310. The maximum atomic E-state index is 13.0. The average molecular weight is 568 g/mol. The number of nitrogens with zero attached hydrogens (tertiary/aromatic N) is 2. The molecule has 9 nitrogen and oxygen atoms in total. The third kappa shape index (κ3) is 6.54. The smallest absolute Gasteiger partial charge is 0.255 e. The van der Waals surface area contributed by atoms with E-state index in [1.54, 1.807) is 24.3 Å². The van der Waals surface area contributed by atoms with Crippen LogP contribution in [-0.4, -0.2) is 70.8 Å². The lowest BCUT2D eigenvalue weighted by Crippen LogP contribution is -2.48. The predicted octanol–water partition coefficient (Wildman–Crippen LogP) is 5.37. The van der Waals surface area contributed by atoms with E-state index in [2.05, 4.69) is 17.1 Å². The molecule has 0 aliphatic carbocycles. The average Bonchev–Trinajstić information content (AvgIpc) is 2.99. The summed E-state index contributed by atoms with van der Waals surface area (Å²) in [5.41, 5.74) is 2.38. The molecule has 0 atom stereocenters. The third-order valence-corrected chi connectivity index (χ3v) is 6.92. The molecule has 1 heterocycles. The van der Waals surface area contributed by atoms with Crippen molar-refractivity contribution in [2.45, 2.75) is 13.3 Å². The van der Waals surface area contributed by atoms with Gasteiger partial charge in [-0.05, 0) is 61.0 Å². The van der Waals surface area contributed by atoms with E-state index in [0.717, 1.165) is 17.9 Å². The lowest BCUT2D eigenvalue weighted by molar-refractivity contribution is 0.0746. The first kappa shape index (κ1) is 28.9. The molecule has 212 valence electrons. The number of hydrogen-bond donors (Lipinski definition) is 1. The van der Waals surface area contributed by atoms with Gasteiger partial charge < -0.3 is 34.1 Å². The van der Waals surface area contributed by atoms with Gasteiger partial charge in [-0.15, -0.1) is 0 Å². The molecule has 3 aromatic rings. The minimum atomic E-state index is -0.347. The van der Waals surface area contributed by atoms with Crippen LogP contribution < -0.4 is 29.2 Å². The third-order valence-electron chi connectivity index (χ3n) is 6.61. The van der Waals surface area contributed by atoms with E-state index in [1.807, 2.05) is 35.2 Å². The number of carbonyl (C=O) groups is 2. The molecule has 1 fully saturated rings. The molecule has 0 saturated carbocycles. The van der Waals surface area contributed by atoms with Crippen LogP contribution in [0, 0.1) is 0 Å². The van der Waals surface area contributed by atoms with E-state index < -0.39 is 0 Å². The molecule has 40 heavy (non-hydrogen) atoms. The Hall–Kier alpha value is -4.11. The Morgan fingerprint density at radius 3 is 2.05 bits per heavy atom. The van der Waals surface area contributed by atoms with Gasteiger partial charge in [-0.25, -0.2) is 0 Å². The Labute approximate surface area is 239 Å². The summed E-state index contributed by atoms with van der Waals surface area (Å²) >= 11 is 6.63. The quantitative estimate of drug-likeness (QED) is 0.352. The first-order chi connectivity index (χ1) is 19.4. The Morgan fingerprint density at radius 2 is 1.50 bits per heavy atom. The van der Waals surface area contributed by atoms with Crippen LogP contribution in [0.5, 0.6) is 23.0 Å². The zero-order valence-electron chi connectivity index (χ0n) is 23.2. The van der Waals surface area contributed by atoms with E-state index in [-0.39, 0.29) is 11.8 Å². The fraction of sp³-hybridized carbons (Fsp3) is 0.333. The summed E-state index contributed by atoms with van der Waals surface area (Å²) < 4.78 is 21.6. The van der Waals surface area contributed by atoms with Crippen molar-refractivity contribution < 1.29 is 28.5 Å². The fourth-order valence-corrected chi connectivity index (χ4v) is 4.80. The van der Waals surface area contributed by atoms with Gasteiger partial charge in [-0.2, -0.15) is 0 Å². The predicted molar refractivity (Wildman–Crippen MR) is 156 cm³/mol. The Morgan fingerprint density at radius 1 is 0.850 bits per heavy atom. The first-order valence-electron chi connectivity index (χ1n) is 13.1. The second kappa shape index (κ2) is 13.3. The van der Waals surface area contributed by atoms with Crippen molar-refractivity contribution in [3.05, 3.63) is 70.7 Å². The van der Waals surface area contributed by atoms with E-state index in [0.29, 0.717) is 71.9 Å². The molecule has 1 aliphatic rings. The number of rotatable bonds is 10. The first-order valence-corrected chi connectivity index (χ1v) is 13.4. The lowest BCUT2D eigenvalue weighted by atomic mass is 10.1.